The molecular formula is C23H19N5OS2. The predicted molar refractivity (Wildman–Crippen MR) is 123 cm³/mol. The molecule has 0 N–H and O–H groups in total. The minimum atomic E-state index is 0.625. The molecule has 0 aliphatic rings. The normalized spacial score (nSPS) is 11.2. The fourth-order valence-corrected chi connectivity index (χ4v) is 4.80. The maximum atomic E-state index is 5.65. The predicted octanol–water partition coefficient (Wildman–Crippen LogP) is 5.95. The maximum absolute atomic E-state index is 5.65. The molecule has 0 atom stereocenters. The number of aryl methyl sites for hydroxylation is 2. The average molecular weight is 446 g/mol. The van der Waals surface area contributed by atoms with Gasteiger partial charge in [-0.05, 0) is 49.1 Å². The number of thioether (sulfide) groups is 1. The molecular weight excluding hydrogens is 426 g/mol. The van der Waals surface area contributed by atoms with Gasteiger partial charge < -0.3 is 4.42 Å². The number of pyridine rings is 1. The molecule has 0 radical (unpaired) electrons. The summed E-state index contributed by atoms with van der Waals surface area (Å²) in [7, 11) is 0. The Labute approximate surface area is 188 Å². The summed E-state index contributed by atoms with van der Waals surface area (Å²) in [6, 6.07) is 16.2. The average Bonchev–Trinajstić information content (AvgIpc) is 3.53. The maximum Gasteiger partial charge on any atom is 0.236 e. The Hall–Kier alpha value is -3.23. The lowest BCUT2D eigenvalue weighted by atomic mass is 10.1. The van der Waals surface area contributed by atoms with Gasteiger partial charge in [0.25, 0.3) is 0 Å². The Kier molecular flexibility index (Phi) is 5.40. The number of nitrogens with zero attached hydrogens (tertiary/aromatic N) is 5. The first-order valence-electron chi connectivity index (χ1n) is 9.74. The molecule has 1 aromatic carbocycles. The summed E-state index contributed by atoms with van der Waals surface area (Å²) in [5, 5.41) is 11.8. The van der Waals surface area contributed by atoms with Crippen molar-refractivity contribution in [2.75, 3.05) is 0 Å². The molecule has 5 aromatic rings. The highest BCUT2D eigenvalue weighted by atomic mass is 32.2. The molecule has 154 valence electrons. The highest BCUT2D eigenvalue weighted by molar-refractivity contribution is 7.98. The molecule has 8 heteroatoms. The first-order valence-corrected chi connectivity index (χ1v) is 11.6. The Balaban J connectivity index is 1.49. The SMILES string of the molecule is Cc1ccc(-n2c(SCc3coc(-c4cccs4)n3)nnc2-c2ccccn2)c(C)c1. The summed E-state index contributed by atoms with van der Waals surface area (Å²) in [5.74, 6) is 1.99. The van der Waals surface area contributed by atoms with E-state index in [1.54, 1.807) is 35.6 Å². The van der Waals surface area contributed by atoms with Gasteiger partial charge in [0.15, 0.2) is 11.0 Å². The Morgan fingerprint density at radius 1 is 1.06 bits per heavy atom. The van der Waals surface area contributed by atoms with Crippen molar-refractivity contribution in [3.63, 3.8) is 0 Å². The molecule has 6 nitrogen and oxygen atoms in total. The lowest BCUT2D eigenvalue weighted by Crippen LogP contribution is -2.03. The van der Waals surface area contributed by atoms with E-state index in [1.165, 1.54) is 5.56 Å². The zero-order valence-electron chi connectivity index (χ0n) is 17.0. The van der Waals surface area contributed by atoms with Gasteiger partial charge in [-0.25, -0.2) is 4.98 Å². The van der Waals surface area contributed by atoms with Gasteiger partial charge in [-0.15, -0.1) is 21.5 Å². The standard InChI is InChI=1S/C23H19N5OS2/c1-15-8-9-19(16(2)12-15)28-21(18-6-3-4-10-24-18)26-27-23(28)31-14-17-13-29-22(25-17)20-7-5-11-30-20/h3-13H,14H2,1-2H3. The molecule has 4 aromatic heterocycles. The zero-order chi connectivity index (χ0) is 21.2. The summed E-state index contributed by atoms with van der Waals surface area (Å²) in [6.45, 7) is 4.19. The number of aromatic nitrogens is 5. The summed E-state index contributed by atoms with van der Waals surface area (Å²) in [5.41, 5.74) is 5.05. The van der Waals surface area contributed by atoms with Crippen LogP contribution in [0.15, 0.2) is 75.9 Å². The Morgan fingerprint density at radius 3 is 2.77 bits per heavy atom. The van der Waals surface area contributed by atoms with Crippen LogP contribution in [0.2, 0.25) is 0 Å². The molecule has 0 amide bonds. The first kappa shape index (κ1) is 19.7. The van der Waals surface area contributed by atoms with Crippen LogP contribution in [-0.2, 0) is 5.75 Å². The third-order valence-corrected chi connectivity index (χ3v) is 6.57. The van der Waals surface area contributed by atoms with Crippen molar-refractivity contribution in [1.82, 2.24) is 24.7 Å². The van der Waals surface area contributed by atoms with E-state index >= 15 is 0 Å². The van der Waals surface area contributed by atoms with Crippen LogP contribution < -0.4 is 0 Å². The minimum absolute atomic E-state index is 0.625. The summed E-state index contributed by atoms with van der Waals surface area (Å²) in [6.07, 6.45) is 3.48. The molecule has 0 saturated heterocycles. The van der Waals surface area contributed by atoms with Crippen LogP contribution in [-0.4, -0.2) is 24.7 Å². The van der Waals surface area contributed by atoms with Crippen molar-refractivity contribution in [3.05, 3.63) is 83.2 Å². The number of rotatable bonds is 6. The van der Waals surface area contributed by atoms with Crippen LogP contribution in [0.3, 0.4) is 0 Å². The van der Waals surface area contributed by atoms with Crippen LogP contribution in [0.4, 0.5) is 0 Å². The summed E-state index contributed by atoms with van der Waals surface area (Å²) in [4.78, 5) is 10.1. The van der Waals surface area contributed by atoms with E-state index in [-0.39, 0.29) is 0 Å². The van der Waals surface area contributed by atoms with Gasteiger partial charge in [0.05, 0.1) is 16.3 Å². The van der Waals surface area contributed by atoms with Gasteiger partial charge in [0.1, 0.15) is 12.0 Å². The van der Waals surface area contributed by atoms with E-state index in [2.05, 4.69) is 56.8 Å². The fraction of sp³-hybridized carbons (Fsp3) is 0.130. The van der Waals surface area contributed by atoms with E-state index in [0.717, 1.165) is 38.5 Å². The van der Waals surface area contributed by atoms with Crippen molar-refractivity contribution < 1.29 is 4.42 Å². The number of hydrogen-bond donors (Lipinski definition) is 0. The number of hydrogen-bond acceptors (Lipinski definition) is 7. The highest BCUT2D eigenvalue weighted by Crippen LogP contribution is 2.31. The molecule has 4 heterocycles. The van der Waals surface area contributed by atoms with Crippen LogP contribution >= 0.6 is 23.1 Å². The molecule has 0 saturated carbocycles. The second kappa shape index (κ2) is 8.49. The fourth-order valence-electron chi connectivity index (χ4n) is 3.32. The van der Waals surface area contributed by atoms with Crippen LogP contribution in [0.5, 0.6) is 0 Å². The van der Waals surface area contributed by atoms with Crippen LogP contribution in [0.1, 0.15) is 16.8 Å². The second-order valence-electron chi connectivity index (χ2n) is 7.06. The lowest BCUT2D eigenvalue weighted by Gasteiger charge is -2.13. The number of oxazole rings is 1. The zero-order valence-corrected chi connectivity index (χ0v) is 18.7. The summed E-state index contributed by atoms with van der Waals surface area (Å²) >= 11 is 3.19. The van der Waals surface area contributed by atoms with E-state index in [4.69, 9.17) is 4.42 Å². The van der Waals surface area contributed by atoms with Crippen molar-refractivity contribution >= 4 is 23.1 Å². The van der Waals surface area contributed by atoms with Gasteiger partial charge in [0.2, 0.25) is 5.89 Å². The first-order chi connectivity index (χ1) is 15.2. The van der Waals surface area contributed by atoms with Crippen molar-refractivity contribution in [3.8, 4) is 28.0 Å². The van der Waals surface area contributed by atoms with Crippen LogP contribution in [0, 0.1) is 13.8 Å². The molecule has 0 spiro atoms. The quantitative estimate of drug-likeness (QED) is 0.301. The minimum Gasteiger partial charge on any atom is -0.444 e. The van der Waals surface area contributed by atoms with Gasteiger partial charge >= 0.3 is 0 Å². The number of benzene rings is 1. The van der Waals surface area contributed by atoms with E-state index in [1.807, 2.05) is 35.7 Å². The largest absolute Gasteiger partial charge is 0.444 e. The van der Waals surface area contributed by atoms with Crippen molar-refractivity contribution in [2.45, 2.75) is 24.8 Å². The van der Waals surface area contributed by atoms with Crippen molar-refractivity contribution in [2.24, 2.45) is 0 Å². The second-order valence-corrected chi connectivity index (χ2v) is 8.95. The topological polar surface area (TPSA) is 69.6 Å². The lowest BCUT2D eigenvalue weighted by molar-refractivity contribution is 0.575. The van der Waals surface area contributed by atoms with E-state index in [9.17, 15) is 0 Å². The number of thiophene rings is 1. The molecule has 5 rings (SSSR count). The van der Waals surface area contributed by atoms with Gasteiger partial charge in [-0.2, -0.15) is 0 Å². The van der Waals surface area contributed by atoms with Crippen LogP contribution in [0.25, 0.3) is 28.0 Å². The molecule has 0 aliphatic carbocycles. The van der Waals surface area contributed by atoms with Gasteiger partial charge in [-0.3, -0.25) is 9.55 Å². The molecule has 31 heavy (non-hydrogen) atoms. The van der Waals surface area contributed by atoms with Crippen molar-refractivity contribution in [1.29, 1.82) is 0 Å². The monoisotopic (exact) mass is 445 g/mol. The molecule has 0 bridgehead atoms. The van der Waals surface area contributed by atoms with Gasteiger partial charge in [0, 0.05) is 11.9 Å². The molecule has 0 unspecified atom stereocenters. The molecule has 0 aliphatic heterocycles. The highest BCUT2D eigenvalue weighted by Gasteiger charge is 2.19. The van der Waals surface area contributed by atoms with Gasteiger partial charge in [-0.1, -0.05) is 41.6 Å². The van der Waals surface area contributed by atoms with E-state index in [0.29, 0.717) is 11.6 Å². The third-order valence-electron chi connectivity index (χ3n) is 4.75. The third kappa shape index (κ3) is 4.04. The summed E-state index contributed by atoms with van der Waals surface area (Å²) < 4.78 is 7.72. The smallest absolute Gasteiger partial charge is 0.236 e. The molecule has 0 fully saturated rings. The van der Waals surface area contributed by atoms with E-state index < -0.39 is 0 Å². The Bertz CT molecular complexity index is 1310. The Morgan fingerprint density at radius 2 is 2.00 bits per heavy atom.